The summed E-state index contributed by atoms with van der Waals surface area (Å²) in [5.74, 6) is -0.171. The van der Waals surface area contributed by atoms with E-state index in [1.165, 1.54) is 4.68 Å². The highest BCUT2D eigenvalue weighted by Gasteiger charge is 2.19. The van der Waals surface area contributed by atoms with E-state index in [9.17, 15) is 10.1 Å². The quantitative estimate of drug-likeness (QED) is 0.644. The number of hydrogen-bond donors (Lipinski definition) is 0. The Morgan fingerprint density at radius 1 is 1.59 bits per heavy atom. The van der Waals surface area contributed by atoms with Gasteiger partial charge in [0.2, 0.25) is 0 Å². The molecule has 0 N–H and O–H groups in total. The van der Waals surface area contributed by atoms with Crippen LogP contribution in [-0.2, 0) is 6.54 Å². The monoisotopic (exact) mass is 316 g/mol. The zero-order valence-electron chi connectivity index (χ0n) is 9.18. The van der Waals surface area contributed by atoms with Gasteiger partial charge < -0.3 is 10.1 Å². The van der Waals surface area contributed by atoms with Gasteiger partial charge in [0.05, 0.1) is 17.0 Å². The van der Waals surface area contributed by atoms with Gasteiger partial charge in [-0.15, -0.1) is 11.3 Å². The second-order valence-corrected chi connectivity index (χ2v) is 5.65. The van der Waals surface area contributed by atoms with Crippen molar-refractivity contribution >= 4 is 33.1 Å². The van der Waals surface area contributed by atoms with Crippen molar-refractivity contribution in [2.45, 2.75) is 20.4 Å². The highest BCUT2D eigenvalue weighted by Crippen LogP contribution is 2.23. The molecule has 0 aliphatic heterocycles. The summed E-state index contributed by atoms with van der Waals surface area (Å²) in [7, 11) is 0. The third kappa shape index (κ3) is 2.52. The maximum Gasteiger partial charge on any atom is 0.404 e. The molecule has 0 saturated heterocycles. The molecule has 0 amide bonds. The van der Waals surface area contributed by atoms with E-state index in [4.69, 9.17) is 0 Å². The normalized spacial score (nSPS) is 10.8. The topological polar surface area (TPSA) is 73.8 Å². The molecule has 0 spiro atoms. The number of halogens is 1. The molecule has 0 unspecified atom stereocenters. The van der Waals surface area contributed by atoms with Gasteiger partial charge in [0, 0.05) is 4.88 Å². The number of hydrogen-bond acceptors (Lipinski definition) is 5. The van der Waals surface area contributed by atoms with Crippen LogP contribution in [0.3, 0.4) is 0 Å². The Balaban J connectivity index is 2.24. The van der Waals surface area contributed by atoms with E-state index in [1.807, 2.05) is 13.8 Å². The zero-order valence-corrected chi connectivity index (χ0v) is 11.6. The molecule has 0 radical (unpaired) electrons. The van der Waals surface area contributed by atoms with Gasteiger partial charge in [-0.25, -0.2) is 4.98 Å². The minimum Gasteiger partial charge on any atom is -0.358 e. The molecular formula is C9H9BrN4O2S. The summed E-state index contributed by atoms with van der Waals surface area (Å²) >= 11 is 4.68. The van der Waals surface area contributed by atoms with Crippen molar-refractivity contribution in [1.29, 1.82) is 0 Å². The first-order valence-electron chi connectivity index (χ1n) is 4.77. The van der Waals surface area contributed by atoms with E-state index in [-0.39, 0.29) is 5.82 Å². The summed E-state index contributed by atoms with van der Waals surface area (Å²) in [5, 5.41) is 15.4. The lowest BCUT2D eigenvalue weighted by Gasteiger charge is -1.90. The van der Waals surface area contributed by atoms with Crippen molar-refractivity contribution in [2.75, 3.05) is 0 Å². The fourth-order valence-corrected chi connectivity index (χ4v) is 2.72. The van der Waals surface area contributed by atoms with Crippen LogP contribution in [0, 0.1) is 24.0 Å². The molecule has 8 heteroatoms. The van der Waals surface area contributed by atoms with Gasteiger partial charge >= 0.3 is 5.82 Å². The third-order valence-corrected chi connectivity index (χ3v) is 3.86. The van der Waals surface area contributed by atoms with E-state index in [1.54, 1.807) is 17.5 Å². The Bertz CT molecular complexity index is 558. The molecule has 2 aromatic rings. The van der Waals surface area contributed by atoms with Gasteiger partial charge in [-0.05, 0) is 34.7 Å². The SMILES string of the molecule is Cc1nc(Cn2cc(Br)c([N+](=O)[O-])n2)sc1C. The Hall–Kier alpha value is -1.28. The largest absolute Gasteiger partial charge is 0.404 e. The fourth-order valence-electron chi connectivity index (χ4n) is 1.34. The molecule has 0 aliphatic carbocycles. The van der Waals surface area contributed by atoms with Crippen LogP contribution < -0.4 is 0 Å². The molecule has 0 saturated carbocycles. The van der Waals surface area contributed by atoms with Crippen LogP contribution in [0.4, 0.5) is 5.82 Å². The van der Waals surface area contributed by atoms with E-state index in [0.717, 1.165) is 15.6 Å². The maximum atomic E-state index is 10.6. The predicted octanol–water partition coefficient (Wildman–Crippen LogP) is 2.68. The highest BCUT2D eigenvalue weighted by atomic mass is 79.9. The smallest absolute Gasteiger partial charge is 0.358 e. The lowest BCUT2D eigenvalue weighted by molar-refractivity contribution is -0.390. The van der Waals surface area contributed by atoms with Crippen LogP contribution in [0.2, 0.25) is 0 Å². The number of nitro groups is 1. The van der Waals surface area contributed by atoms with Crippen molar-refractivity contribution in [3.63, 3.8) is 0 Å². The van der Waals surface area contributed by atoms with Crippen molar-refractivity contribution < 1.29 is 4.92 Å². The van der Waals surface area contributed by atoms with E-state index >= 15 is 0 Å². The van der Waals surface area contributed by atoms with Crippen LogP contribution in [0.15, 0.2) is 10.7 Å². The molecule has 2 heterocycles. The van der Waals surface area contributed by atoms with Crippen LogP contribution in [0.1, 0.15) is 15.6 Å². The second kappa shape index (κ2) is 4.53. The van der Waals surface area contributed by atoms with Gasteiger partial charge in [0.25, 0.3) is 0 Å². The molecule has 0 atom stereocenters. The number of nitrogens with zero attached hydrogens (tertiary/aromatic N) is 4. The summed E-state index contributed by atoms with van der Waals surface area (Å²) in [6.07, 6.45) is 1.59. The molecule has 2 rings (SSSR count). The maximum absolute atomic E-state index is 10.6. The zero-order chi connectivity index (χ0) is 12.6. The molecule has 0 bridgehead atoms. The molecule has 0 aliphatic rings. The first kappa shape index (κ1) is 12.2. The molecule has 17 heavy (non-hydrogen) atoms. The Kier molecular flexibility index (Phi) is 3.25. The van der Waals surface area contributed by atoms with Crippen molar-refractivity contribution in [1.82, 2.24) is 14.8 Å². The van der Waals surface area contributed by atoms with Crippen LogP contribution in [0.5, 0.6) is 0 Å². The van der Waals surface area contributed by atoms with Gasteiger partial charge in [-0.2, -0.15) is 4.68 Å². The van der Waals surface area contributed by atoms with Crippen molar-refractivity contribution in [3.8, 4) is 0 Å². The summed E-state index contributed by atoms with van der Waals surface area (Å²) in [6.45, 7) is 4.39. The summed E-state index contributed by atoms with van der Waals surface area (Å²) < 4.78 is 1.90. The van der Waals surface area contributed by atoms with Crippen LogP contribution in [-0.4, -0.2) is 19.7 Å². The molecule has 0 aromatic carbocycles. The predicted molar refractivity (Wildman–Crippen MR) is 67.3 cm³/mol. The lowest BCUT2D eigenvalue weighted by atomic mass is 10.4. The fraction of sp³-hybridized carbons (Fsp3) is 0.333. The van der Waals surface area contributed by atoms with Crippen molar-refractivity contribution in [3.05, 3.63) is 36.4 Å². The van der Waals surface area contributed by atoms with Crippen LogP contribution in [0.25, 0.3) is 0 Å². The molecule has 0 fully saturated rings. The van der Waals surface area contributed by atoms with Crippen LogP contribution >= 0.6 is 27.3 Å². The standard InChI is InChI=1S/C9H9BrN4O2S/c1-5-6(2)17-8(11-5)4-13-3-7(10)9(12-13)14(15)16/h3H,4H2,1-2H3. The number of rotatable bonds is 3. The first-order valence-corrected chi connectivity index (χ1v) is 6.38. The molecule has 90 valence electrons. The average Bonchev–Trinajstić information content (AvgIpc) is 2.72. The Morgan fingerprint density at radius 3 is 2.76 bits per heavy atom. The van der Waals surface area contributed by atoms with E-state index in [2.05, 4.69) is 26.0 Å². The number of aryl methyl sites for hydroxylation is 2. The minimum atomic E-state index is -0.515. The highest BCUT2D eigenvalue weighted by molar-refractivity contribution is 9.10. The first-order chi connectivity index (χ1) is 7.97. The van der Waals surface area contributed by atoms with E-state index in [0.29, 0.717) is 11.0 Å². The second-order valence-electron chi connectivity index (χ2n) is 3.50. The Labute approximate surface area is 110 Å². The number of aromatic nitrogens is 3. The van der Waals surface area contributed by atoms with E-state index < -0.39 is 4.92 Å². The summed E-state index contributed by atoms with van der Waals surface area (Å²) in [6, 6.07) is 0. The molecular weight excluding hydrogens is 308 g/mol. The lowest BCUT2D eigenvalue weighted by Crippen LogP contribution is -2.00. The Morgan fingerprint density at radius 2 is 2.29 bits per heavy atom. The third-order valence-electron chi connectivity index (χ3n) is 2.24. The van der Waals surface area contributed by atoms with Gasteiger partial charge in [-0.1, -0.05) is 0 Å². The van der Waals surface area contributed by atoms with Gasteiger partial charge in [0.1, 0.15) is 16.0 Å². The molecule has 6 nitrogen and oxygen atoms in total. The van der Waals surface area contributed by atoms with Gasteiger partial charge in [-0.3, -0.25) is 0 Å². The average molecular weight is 317 g/mol. The minimum absolute atomic E-state index is 0.171. The number of thiazole rings is 1. The van der Waals surface area contributed by atoms with Crippen molar-refractivity contribution in [2.24, 2.45) is 0 Å². The summed E-state index contributed by atoms with van der Waals surface area (Å²) in [5.41, 5.74) is 0.991. The summed E-state index contributed by atoms with van der Waals surface area (Å²) in [4.78, 5) is 15.6. The van der Waals surface area contributed by atoms with Gasteiger partial charge in [0.15, 0.2) is 0 Å². The molecule has 2 aromatic heterocycles.